The van der Waals surface area contributed by atoms with Crippen molar-refractivity contribution in [3.63, 3.8) is 0 Å². The van der Waals surface area contributed by atoms with E-state index in [1.807, 2.05) is 0 Å². The highest BCUT2D eigenvalue weighted by atomic mass is 79.9. The van der Waals surface area contributed by atoms with Gasteiger partial charge in [0.2, 0.25) is 10.0 Å². The molecule has 3 rings (SSSR count). The zero-order valence-electron chi connectivity index (χ0n) is 22.0. The van der Waals surface area contributed by atoms with Gasteiger partial charge in [-0.2, -0.15) is 0 Å². The van der Waals surface area contributed by atoms with Gasteiger partial charge in [-0.25, -0.2) is 30.3 Å². The highest BCUT2D eigenvalue weighted by molar-refractivity contribution is 9.10. The second kappa shape index (κ2) is 11.8. The van der Waals surface area contributed by atoms with Crippen molar-refractivity contribution in [1.82, 2.24) is 8.69 Å². The third-order valence-corrected chi connectivity index (χ3v) is 9.71. The number of halogens is 1. The third-order valence-electron chi connectivity index (χ3n) is 5.72. The van der Waals surface area contributed by atoms with Gasteiger partial charge >= 0.3 is 11.9 Å². The number of aromatic nitrogens is 1. The molecule has 2 aromatic carbocycles. The molecule has 0 saturated heterocycles. The maximum absolute atomic E-state index is 13.7. The first-order chi connectivity index (χ1) is 18.1. The number of hydrogen-bond acceptors (Lipinski definition) is 7. The molecule has 0 spiro atoms. The van der Waals surface area contributed by atoms with Crippen LogP contribution in [0.25, 0.3) is 10.9 Å². The summed E-state index contributed by atoms with van der Waals surface area (Å²) < 4.78 is 63.4. The van der Waals surface area contributed by atoms with Gasteiger partial charge in [0.15, 0.2) is 5.69 Å². The summed E-state index contributed by atoms with van der Waals surface area (Å²) in [4.78, 5) is 23.7. The van der Waals surface area contributed by atoms with E-state index in [2.05, 4.69) is 20.7 Å². The number of fused-ring (bicyclic) bond motifs is 1. The van der Waals surface area contributed by atoms with Crippen LogP contribution in [0, 0.1) is 0 Å². The highest BCUT2D eigenvalue weighted by Crippen LogP contribution is 2.38. The summed E-state index contributed by atoms with van der Waals surface area (Å²) in [5.41, 5.74) is -1.14. The molecule has 3 aromatic rings. The number of aryl methyl sites for hydroxylation is 1. The molecule has 0 fully saturated rings. The molecule has 2 N–H and O–H groups in total. The first-order valence-electron chi connectivity index (χ1n) is 12.2. The number of ether oxygens (including phenoxy) is 1. The van der Waals surface area contributed by atoms with Crippen LogP contribution in [0.4, 0.5) is 0 Å². The zero-order valence-corrected chi connectivity index (χ0v) is 25.2. The summed E-state index contributed by atoms with van der Waals surface area (Å²) >= 11 is 3.39. The van der Waals surface area contributed by atoms with Crippen molar-refractivity contribution in [2.45, 2.75) is 68.8 Å². The Hall–Kier alpha value is -2.74. The normalized spacial score (nSPS) is 12.5. The van der Waals surface area contributed by atoms with Crippen molar-refractivity contribution in [1.29, 1.82) is 0 Å². The molecule has 1 aromatic heterocycles. The molecule has 0 amide bonds. The number of unbranched alkanes of at least 4 members (excludes halogenated alkanes) is 1. The number of nitrogens with zero attached hydrogens (tertiary/aromatic N) is 1. The van der Waals surface area contributed by atoms with Crippen LogP contribution < -0.4 is 4.72 Å². The van der Waals surface area contributed by atoms with Crippen molar-refractivity contribution in [3.05, 3.63) is 58.2 Å². The van der Waals surface area contributed by atoms with Crippen LogP contribution in [-0.2, 0) is 36.0 Å². The lowest BCUT2D eigenvalue weighted by Crippen LogP contribution is -2.28. The lowest BCUT2D eigenvalue weighted by molar-refractivity contribution is -0.154. The number of carboxylic acids is 1. The second-order valence-electron chi connectivity index (χ2n) is 9.78. The van der Waals surface area contributed by atoms with Crippen LogP contribution in [0.3, 0.4) is 0 Å². The number of carbonyl (C=O) groups is 2. The van der Waals surface area contributed by atoms with Crippen molar-refractivity contribution in [2.75, 3.05) is 6.54 Å². The maximum atomic E-state index is 13.7. The average molecular weight is 644 g/mol. The molecule has 10 nitrogen and oxygen atoms in total. The summed E-state index contributed by atoms with van der Waals surface area (Å²) in [5.74, 6) is -2.13. The lowest BCUT2D eigenvalue weighted by atomic mass is 10.1. The van der Waals surface area contributed by atoms with Crippen LogP contribution in [0.1, 0.15) is 63.0 Å². The Morgan fingerprint density at radius 1 is 1.03 bits per heavy atom. The largest absolute Gasteiger partial charge is 0.477 e. The first kappa shape index (κ1) is 30.8. The molecule has 0 aliphatic rings. The van der Waals surface area contributed by atoms with Gasteiger partial charge in [0.1, 0.15) is 10.5 Å². The van der Waals surface area contributed by atoms with Crippen LogP contribution in [0.5, 0.6) is 0 Å². The van der Waals surface area contributed by atoms with Crippen molar-refractivity contribution < 1.29 is 36.3 Å². The molecule has 1 heterocycles. The fourth-order valence-electron chi connectivity index (χ4n) is 4.17. The molecule has 13 heteroatoms. The Kier molecular flexibility index (Phi) is 9.31. The summed E-state index contributed by atoms with van der Waals surface area (Å²) in [5, 5.41) is 10.2. The highest BCUT2D eigenvalue weighted by Gasteiger charge is 2.37. The fourth-order valence-corrected chi connectivity index (χ4v) is 7.86. The Morgan fingerprint density at radius 2 is 1.67 bits per heavy atom. The standard InChI is InChI=1S/C26H31BrN2O8S2/c1-5-18-19(27)14-15-20-22(18)24(38(33,34)28-16-10-9-13-21(30)37-26(2,3)4)23(25(31)32)29(20)39(35,36)17-11-7-6-8-12-17/h6-8,11-12,14-15,28H,5,9-10,13,16H2,1-4H3,(H,31,32). The number of aromatic carboxylic acids is 1. The number of nitrogens with one attached hydrogen (secondary N) is 1. The summed E-state index contributed by atoms with van der Waals surface area (Å²) in [6.07, 6.45) is 0.983. The van der Waals surface area contributed by atoms with Gasteiger partial charge in [0.25, 0.3) is 10.0 Å². The minimum Gasteiger partial charge on any atom is -0.477 e. The Morgan fingerprint density at radius 3 is 2.23 bits per heavy atom. The molecule has 0 saturated carbocycles. The third kappa shape index (κ3) is 6.71. The van der Waals surface area contributed by atoms with Crippen molar-refractivity contribution in [3.8, 4) is 0 Å². The Balaban J connectivity index is 2.10. The molecular weight excluding hydrogens is 612 g/mol. The van der Waals surface area contributed by atoms with E-state index in [9.17, 15) is 31.5 Å². The molecule has 0 aliphatic carbocycles. The maximum Gasteiger partial charge on any atom is 0.355 e. The number of esters is 1. The van der Waals surface area contributed by atoms with E-state index in [1.54, 1.807) is 39.8 Å². The molecule has 0 radical (unpaired) electrons. The summed E-state index contributed by atoms with van der Waals surface area (Å²) in [6, 6.07) is 10.1. The number of rotatable bonds is 11. The number of benzene rings is 2. The lowest BCUT2D eigenvalue weighted by Gasteiger charge is -2.19. The van der Waals surface area contributed by atoms with Gasteiger partial charge in [-0.15, -0.1) is 0 Å². The van der Waals surface area contributed by atoms with Gasteiger partial charge in [0, 0.05) is 22.8 Å². The molecule has 0 unspecified atom stereocenters. The van der Waals surface area contributed by atoms with Crippen LogP contribution in [-0.4, -0.2) is 50.0 Å². The number of carbonyl (C=O) groups excluding carboxylic acids is 1. The molecule has 212 valence electrons. The van der Waals surface area contributed by atoms with Gasteiger partial charge in [-0.3, -0.25) is 4.79 Å². The molecule has 39 heavy (non-hydrogen) atoms. The first-order valence-corrected chi connectivity index (χ1v) is 15.9. The van der Waals surface area contributed by atoms with Gasteiger partial charge in [0.05, 0.1) is 10.4 Å². The predicted molar refractivity (Wildman–Crippen MR) is 150 cm³/mol. The van der Waals surface area contributed by atoms with E-state index < -0.39 is 48.2 Å². The van der Waals surface area contributed by atoms with Crippen molar-refractivity contribution in [2.24, 2.45) is 0 Å². The van der Waals surface area contributed by atoms with E-state index in [4.69, 9.17) is 4.74 Å². The minimum absolute atomic E-state index is 0.00466. The van der Waals surface area contributed by atoms with Crippen molar-refractivity contribution >= 4 is 58.8 Å². The fraction of sp³-hybridized carbons (Fsp3) is 0.385. The van der Waals surface area contributed by atoms with Crippen LogP contribution >= 0.6 is 15.9 Å². The van der Waals surface area contributed by atoms with E-state index in [1.165, 1.54) is 30.3 Å². The van der Waals surface area contributed by atoms with Gasteiger partial charge in [-0.1, -0.05) is 41.1 Å². The summed E-state index contributed by atoms with van der Waals surface area (Å²) in [7, 11) is -9.01. The second-order valence-corrected chi connectivity index (χ2v) is 14.1. The van der Waals surface area contributed by atoms with E-state index in [0.717, 1.165) is 0 Å². The molecule has 0 bridgehead atoms. The average Bonchev–Trinajstić information content (AvgIpc) is 3.20. The quantitative estimate of drug-likeness (QED) is 0.226. The van der Waals surface area contributed by atoms with E-state index >= 15 is 0 Å². The van der Waals surface area contributed by atoms with Crippen LogP contribution in [0.15, 0.2) is 56.7 Å². The van der Waals surface area contributed by atoms with E-state index in [-0.39, 0.29) is 35.2 Å². The zero-order chi connectivity index (χ0) is 29.2. The topological polar surface area (TPSA) is 149 Å². The Labute approximate surface area is 236 Å². The predicted octanol–water partition coefficient (Wildman–Crippen LogP) is 4.69. The smallest absolute Gasteiger partial charge is 0.355 e. The number of carboxylic acid groups (broad SMARTS) is 1. The number of hydrogen-bond donors (Lipinski definition) is 2. The monoisotopic (exact) mass is 642 g/mol. The van der Waals surface area contributed by atoms with Gasteiger partial charge in [-0.05, 0) is 69.9 Å². The van der Waals surface area contributed by atoms with E-state index in [0.29, 0.717) is 26.9 Å². The van der Waals surface area contributed by atoms with Crippen LogP contribution in [0.2, 0.25) is 0 Å². The Bertz CT molecular complexity index is 1610. The SMILES string of the molecule is CCc1c(Br)ccc2c1c(S(=O)(=O)NCCCCC(=O)OC(C)(C)C)c(C(=O)O)n2S(=O)(=O)c1ccccc1. The molecule has 0 atom stereocenters. The molecular formula is C26H31BrN2O8S2. The van der Waals surface area contributed by atoms with Gasteiger partial charge < -0.3 is 9.84 Å². The number of sulfonamides is 1. The molecule has 0 aliphatic heterocycles. The summed E-state index contributed by atoms with van der Waals surface area (Å²) in [6.45, 7) is 6.89. The minimum atomic E-state index is -4.52.